The van der Waals surface area contributed by atoms with Crippen LogP contribution in [0.1, 0.15) is 19.8 Å². The zero-order valence-electron chi connectivity index (χ0n) is 15.9. The molecule has 2 N–H and O–H groups in total. The summed E-state index contributed by atoms with van der Waals surface area (Å²) in [6, 6.07) is 4.20. The van der Waals surface area contributed by atoms with Crippen molar-refractivity contribution in [1.82, 2.24) is 14.9 Å². The van der Waals surface area contributed by atoms with Crippen LogP contribution < -0.4 is 20.1 Å². The van der Waals surface area contributed by atoms with Crippen molar-refractivity contribution in [2.75, 3.05) is 18.8 Å². The van der Waals surface area contributed by atoms with Crippen LogP contribution in [0.4, 0.5) is 18.0 Å². The highest BCUT2D eigenvalue weighted by Crippen LogP contribution is 2.27. The van der Waals surface area contributed by atoms with Crippen LogP contribution in [0.2, 0.25) is 0 Å². The summed E-state index contributed by atoms with van der Waals surface area (Å²) in [5.41, 5.74) is -1.54. The van der Waals surface area contributed by atoms with E-state index in [4.69, 9.17) is 4.74 Å². The first-order chi connectivity index (χ1) is 13.9. The third-order valence-electron chi connectivity index (χ3n) is 4.74. The molecular weight excluding hydrogens is 431 g/mol. The fraction of sp³-hybridized carbons (Fsp3) is 0.529. The van der Waals surface area contributed by atoms with Gasteiger partial charge >= 0.3 is 12.4 Å². The van der Waals surface area contributed by atoms with Gasteiger partial charge in [0.2, 0.25) is 10.0 Å². The minimum atomic E-state index is -4.78. The van der Waals surface area contributed by atoms with Gasteiger partial charge in [-0.3, -0.25) is 10.1 Å². The van der Waals surface area contributed by atoms with Crippen LogP contribution in [0, 0.1) is 0 Å². The van der Waals surface area contributed by atoms with Gasteiger partial charge in [-0.1, -0.05) is 0 Å². The molecule has 2 aliphatic rings. The van der Waals surface area contributed by atoms with Crippen molar-refractivity contribution >= 4 is 22.0 Å². The van der Waals surface area contributed by atoms with Gasteiger partial charge in [0.05, 0.1) is 5.75 Å². The summed E-state index contributed by atoms with van der Waals surface area (Å²) >= 11 is 0. The first-order valence-electron chi connectivity index (χ1n) is 9.00. The lowest BCUT2D eigenvalue weighted by atomic mass is 10.1. The molecule has 1 aromatic rings. The third-order valence-corrected chi connectivity index (χ3v) is 6.84. The lowest BCUT2D eigenvalue weighted by Crippen LogP contribution is -2.53. The van der Waals surface area contributed by atoms with Gasteiger partial charge in [0.1, 0.15) is 23.1 Å². The fourth-order valence-electron chi connectivity index (χ4n) is 3.28. The van der Waals surface area contributed by atoms with E-state index in [1.54, 1.807) is 0 Å². The number of ether oxygens (including phenoxy) is 2. The number of benzene rings is 1. The molecule has 1 aromatic carbocycles. The molecule has 0 spiro atoms. The topological polar surface area (TPSA) is 114 Å². The Kier molecular flexibility index (Phi) is 5.87. The Bertz CT molecular complexity index is 914. The minimum absolute atomic E-state index is 0.147. The molecule has 1 unspecified atom stereocenters. The van der Waals surface area contributed by atoms with Crippen LogP contribution in [-0.2, 0) is 14.8 Å². The van der Waals surface area contributed by atoms with Crippen molar-refractivity contribution in [3.8, 4) is 11.5 Å². The number of carbonyl (C=O) groups excluding carboxylic acids is 2. The molecule has 1 atom stereocenters. The Morgan fingerprint density at radius 1 is 1.13 bits per heavy atom. The summed E-state index contributed by atoms with van der Waals surface area (Å²) in [7, 11) is -3.82. The maximum atomic E-state index is 12.7. The molecule has 0 bridgehead atoms. The molecule has 2 aliphatic heterocycles. The van der Waals surface area contributed by atoms with Gasteiger partial charge in [0.25, 0.3) is 5.91 Å². The average Bonchev–Trinajstić information content (AvgIpc) is 2.86. The number of nitrogens with one attached hydrogen (secondary N) is 2. The molecule has 0 aromatic heterocycles. The number of sulfonamides is 1. The van der Waals surface area contributed by atoms with Gasteiger partial charge in [-0.05, 0) is 44.0 Å². The van der Waals surface area contributed by atoms with Gasteiger partial charge in [0.15, 0.2) is 0 Å². The van der Waals surface area contributed by atoms with Crippen LogP contribution in [0.25, 0.3) is 0 Å². The van der Waals surface area contributed by atoms with E-state index in [9.17, 15) is 31.2 Å². The van der Waals surface area contributed by atoms with Crippen LogP contribution in [0.5, 0.6) is 11.5 Å². The van der Waals surface area contributed by atoms with Gasteiger partial charge in [-0.15, -0.1) is 13.2 Å². The molecule has 166 valence electrons. The Morgan fingerprint density at radius 2 is 1.70 bits per heavy atom. The lowest BCUT2D eigenvalue weighted by Gasteiger charge is -2.33. The summed E-state index contributed by atoms with van der Waals surface area (Å²) in [5.74, 6) is -1.30. The van der Waals surface area contributed by atoms with Crippen molar-refractivity contribution in [3.05, 3.63) is 24.3 Å². The van der Waals surface area contributed by atoms with E-state index in [2.05, 4.69) is 10.1 Å². The number of carbonyl (C=O) groups is 2. The zero-order valence-corrected chi connectivity index (χ0v) is 16.7. The molecule has 3 amide bonds. The summed E-state index contributed by atoms with van der Waals surface area (Å²) < 4.78 is 72.6. The molecule has 9 nitrogen and oxygen atoms in total. The number of hydrogen-bond donors (Lipinski definition) is 2. The van der Waals surface area contributed by atoms with Gasteiger partial charge in [-0.25, -0.2) is 17.5 Å². The number of nitrogens with zero attached hydrogens (tertiary/aromatic N) is 1. The molecule has 2 saturated heterocycles. The van der Waals surface area contributed by atoms with E-state index < -0.39 is 39.6 Å². The monoisotopic (exact) mass is 451 g/mol. The highest BCUT2D eigenvalue weighted by Gasteiger charge is 2.47. The van der Waals surface area contributed by atoms with Gasteiger partial charge in [-0.2, -0.15) is 0 Å². The van der Waals surface area contributed by atoms with E-state index in [0.717, 1.165) is 12.1 Å². The van der Waals surface area contributed by atoms with E-state index in [1.165, 1.54) is 23.4 Å². The Balaban J connectivity index is 1.53. The number of imide groups is 1. The zero-order chi connectivity index (χ0) is 22.2. The Hall–Kier alpha value is -2.54. The van der Waals surface area contributed by atoms with Crippen LogP contribution in [-0.4, -0.2) is 61.5 Å². The molecule has 13 heteroatoms. The van der Waals surface area contributed by atoms with Crippen LogP contribution in [0.3, 0.4) is 0 Å². The summed E-state index contributed by atoms with van der Waals surface area (Å²) in [5, 5.41) is 4.34. The molecular formula is C17H20F3N3O6S. The molecule has 30 heavy (non-hydrogen) atoms. The standard InChI is InChI=1S/C17H20F3N3O6S/c1-16(14(24)21-15(25)22-16)10-30(26,27)23-8-6-12(7-9-23)28-11-2-4-13(5-3-11)29-17(18,19)20/h2-5,12H,6-10H2,1H3,(H2,21,22,24,25). The Morgan fingerprint density at radius 3 is 2.20 bits per heavy atom. The normalized spacial score (nSPS) is 23.7. The van der Waals surface area contributed by atoms with E-state index in [-0.39, 0.29) is 24.9 Å². The number of urea groups is 1. The minimum Gasteiger partial charge on any atom is -0.490 e. The number of alkyl halides is 3. The molecule has 0 aliphatic carbocycles. The molecule has 2 heterocycles. The second-order valence-corrected chi connectivity index (χ2v) is 9.20. The third kappa shape index (κ3) is 5.33. The average molecular weight is 451 g/mol. The molecule has 3 rings (SSSR count). The molecule has 0 radical (unpaired) electrons. The van der Waals surface area contributed by atoms with Gasteiger partial charge < -0.3 is 14.8 Å². The fourth-order valence-corrected chi connectivity index (χ4v) is 5.16. The highest BCUT2D eigenvalue weighted by atomic mass is 32.2. The predicted molar refractivity (Wildman–Crippen MR) is 97.2 cm³/mol. The van der Waals surface area contributed by atoms with Crippen molar-refractivity contribution in [3.63, 3.8) is 0 Å². The molecule has 0 saturated carbocycles. The van der Waals surface area contributed by atoms with Crippen molar-refractivity contribution in [2.45, 2.75) is 37.8 Å². The molecule has 2 fully saturated rings. The number of rotatable bonds is 6. The van der Waals surface area contributed by atoms with Crippen LogP contribution >= 0.6 is 0 Å². The van der Waals surface area contributed by atoms with Crippen molar-refractivity contribution in [1.29, 1.82) is 0 Å². The summed E-state index contributed by atoms with van der Waals surface area (Å²) in [6.07, 6.45) is -4.39. The van der Waals surface area contributed by atoms with E-state index in [0.29, 0.717) is 18.6 Å². The maximum absolute atomic E-state index is 12.7. The summed E-state index contributed by atoms with van der Waals surface area (Å²) in [6.45, 7) is 1.63. The number of piperidine rings is 1. The number of hydrogen-bond acceptors (Lipinski definition) is 6. The first-order valence-corrected chi connectivity index (χ1v) is 10.6. The number of halogens is 3. The van der Waals surface area contributed by atoms with Crippen molar-refractivity contribution < 1.29 is 40.7 Å². The quantitative estimate of drug-likeness (QED) is 0.632. The smallest absolute Gasteiger partial charge is 0.490 e. The lowest BCUT2D eigenvalue weighted by molar-refractivity contribution is -0.274. The SMILES string of the molecule is CC1(CS(=O)(=O)N2CCC(Oc3ccc(OC(F)(F)F)cc3)CC2)NC(=O)NC1=O. The number of amides is 3. The predicted octanol–water partition coefficient (Wildman–Crippen LogP) is 1.36. The van der Waals surface area contributed by atoms with Gasteiger partial charge in [0, 0.05) is 13.1 Å². The van der Waals surface area contributed by atoms with Crippen LogP contribution in [0.15, 0.2) is 24.3 Å². The van der Waals surface area contributed by atoms with E-state index >= 15 is 0 Å². The first kappa shape index (κ1) is 22.2. The largest absolute Gasteiger partial charge is 0.573 e. The summed E-state index contributed by atoms with van der Waals surface area (Å²) in [4.78, 5) is 23.2. The van der Waals surface area contributed by atoms with Crippen molar-refractivity contribution in [2.24, 2.45) is 0 Å². The second kappa shape index (κ2) is 7.95. The Labute approximate surface area is 170 Å². The highest BCUT2D eigenvalue weighted by molar-refractivity contribution is 7.89. The maximum Gasteiger partial charge on any atom is 0.573 e. The second-order valence-electron chi connectivity index (χ2n) is 7.23. The van der Waals surface area contributed by atoms with E-state index in [1.807, 2.05) is 5.32 Å².